The van der Waals surface area contributed by atoms with Crippen molar-refractivity contribution in [2.24, 2.45) is 10.9 Å². The number of benzene rings is 3. The lowest BCUT2D eigenvalue weighted by Gasteiger charge is -2.22. The minimum atomic E-state index is -0.112. The summed E-state index contributed by atoms with van der Waals surface area (Å²) in [5, 5.41) is 5.55. The van der Waals surface area contributed by atoms with Crippen LogP contribution in [0, 0.1) is 5.92 Å². The lowest BCUT2D eigenvalue weighted by Crippen LogP contribution is -2.39. The topological polar surface area (TPSA) is 41.5 Å². The van der Waals surface area contributed by atoms with Crippen molar-refractivity contribution in [3.63, 3.8) is 0 Å². The smallest absolute Gasteiger partial charge is 0.169 e. The molecule has 1 atom stereocenters. The van der Waals surface area contributed by atoms with Crippen LogP contribution in [0.4, 0.5) is 0 Å². The Hall–Kier alpha value is -2.65. The molecule has 0 bridgehead atoms. The SMILES string of the molecule is Cl.O=C(c1ccc2ccccc2c1)C1CN=C(c2ccccc2)NC1. The first-order valence-electron chi connectivity index (χ1n) is 8.18. The molecule has 0 spiro atoms. The highest BCUT2D eigenvalue weighted by Crippen LogP contribution is 2.19. The minimum absolute atomic E-state index is 0. The zero-order valence-electron chi connectivity index (χ0n) is 13.7. The fourth-order valence-corrected chi connectivity index (χ4v) is 3.09. The van der Waals surface area contributed by atoms with Gasteiger partial charge in [-0.05, 0) is 16.8 Å². The molecule has 3 aromatic rings. The molecule has 1 heterocycles. The fraction of sp³-hybridized carbons (Fsp3) is 0.143. The van der Waals surface area contributed by atoms with Gasteiger partial charge >= 0.3 is 0 Å². The number of amidine groups is 1. The van der Waals surface area contributed by atoms with Crippen molar-refractivity contribution in [3.8, 4) is 0 Å². The molecular formula is C21H19ClN2O. The molecular weight excluding hydrogens is 332 g/mol. The molecule has 1 aliphatic rings. The van der Waals surface area contributed by atoms with Crippen LogP contribution in [0.15, 0.2) is 77.8 Å². The molecule has 0 aliphatic carbocycles. The number of Topliss-reactive ketones (excluding diaryl/α,β-unsaturated/α-hetero) is 1. The van der Waals surface area contributed by atoms with Gasteiger partial charge < -0.3 is 5.32 Å². The molecule has 1 unspecified atom stereocenters. The second kappa shape index (κ2) is 7.49. The van der Waals surface area contributed by atoms with Gasteiger partial charge in [0.25, 0.3) is 0 Å². The summed E-state index contributed by atoms with van der Waals surface area (Å²) in [6.45, 7) is 1.16. The van der Waals surface area contributed by atoms with Crippen LogP contribution < -0.4 is 5.32 Å². The summed E-state index contributed by atoms with van der Waals surface area (Å²) in [7, 11) is 0. The lowest BCUT2D eigenvalue weighted by atomic mass is 9.94. The van der Waals surface area contributed by atoms with Gasteiger partial charge in [-0.25, -0.2) is 0 Å². The van der Waals surface area contributed by atoms with E-state index in [2.05, 4.69) is 16.4 Å². The number of hydrogen-bond acceptors (Lipinski definition) is 3. The zero-order valence-corrected chi connectivity index (χ0v) is 14.5. The number of rotatable bonds is 3. The van der Waals surface area contributed by atoms with Gasteiger partial charge in [-0.15, -0.1) is 12.4 Å². The maximum atomic E-state index is 12.8. The van der Waals surface area contributed by atoms with Crippen molar-refractivity contribution < 1.29 is 4.79 Å². The number of fused-ring (bicyclic) bond motifs is 1. The number of ketones is 1. The molecule has 3 aromatic carbocycles. The van der Waals surface area contributed by atoms with E-state index in [1.165, 1.54) is 0 Å². The molecule has 0 fully saturated rings. The molecule has 1 aliphatic heterocycles. The van der Waals surface area contributed by atoms with Crippen LogP contribution in [0.3, 0.4) is 0 Å². The highest BCUT2D eigenvalue weighted by atomic mass is 35.5. The molecule has 126 valence electrons. The molecule has 0 saturated heterocycles. The Balaban J connectivity index is 0.00000182. The highest BCUT2D eigenvalue weighted by molar-refractivity contribution is 6.04. The number of aliphatic imine (C=N–C) groups is 1. The van der Waals surface area contributed by atoms with Crippen molar-refractivity contribution in [2.45, 2.75) is 0 Å². The fourth-order valence-electron chi connectivity index (χ4n) is 3.09. The van der Waals surface area contributed by atoms with E-state index in [1.807, 2.05) is 66.7 Å². The van der Waals surface area contributed by atoms with Gasteiger partial charge in [0, 0.05) is 17.7 Å². The van der Waals surface area contributed by atoms with E-state index in [9.17, 15) is 4.79 Å². The summed E-state index contributed by atoms with van der Waals surface area (Å²) >= 11 is 0. The van der Waals surface area contributed by atoms with E-state index in [1.54, 1.807) is 0 Å². The molecule has 3 nitrogen and oxygen atoms in total. The van der Waals surface area contributed by atoms with E-state index in [0.29, 0.717) is 13.1 Å². The number of carbonyl (C=O) groups is 1. The number of hydrogen-bond donors (Lipinski definition) is 1. The van der Waals surface area contributed by atoms with Crippen molar-refractivity contribution in [1.82, 2.24) is 5.32 Å². The Morgan fingerprint density at radius 3 is 2.36 bits per heavy atom. The van der Waals surface area contributed by atoms with Crippen LogP contribution in [-0.2, 0) is 0 Å². The predicted molar refractivity (Wildman–Crippen MR) is 105 cm³/mol. The van der Waals surface area contributed by atoms with E-state index in [4.69, 9.17) is 0 Å². The van der Waals surface area contributed by atoms with Crippen LogP contribution in [0.25, 0.3) is 10.8 Å². The highest BCUT2D eigenvalue weighted by Gasteiger charge is 2.24. The standard InChI is InChI=1S/C21H18N2O.ClH/c24-20(18-11-10-15-6-4-5-9-17(15)12-18)19-13-22-21(23-14-19)16-7-2-1-3-8-16;/h1-12,19H,13-14H2,(H,22,23);1H. The molecule has 0 saturated carbocycles. The predicted octanol–water partition coefficient (Wildman–Crippen LogP) is 4.11. The Morgan fingerprint density at radius 1 is 0.920 bits per heavy atom. The van der Waals surface area contributed by atoms with Crippen molar-refractivity contribution in [2.75, 3.05) is 13.1 Å². The van der Waals surface area contributed by atoms with Gasteiger partial charge in [-0.3, -0.25) is 9.79 Å². The molecule has 0 amide bonds. The van der Waals surface area contributed by atoms with Gasteiger partial charge in [0.15, 0.2) is 5.78 Å². The third-order valence-electron chi connectivity index (χ3n) is 4.44. The first-order valence-corrected chi connectivity index (χ1v) is 8.18. The van der Waals surface area contributed by atoms with Crippen molar-refractivity contribution >= 4 is 34.8 Å². The Labute approximate surface area is 153 Å². The first kappa shape index (κ1) is 17.2. The molecule has 0 radical (unpaired) electrons. The molecule has 4 heteroatoms. The molecule has 4 rings (SSSR count). The monoisotopic (exact) mass is 350 g/mol. The summed E-state index contributed by atoms with van der Waals surface area (Å²) < 4.78 is 0. The average Bonchev–Trinajstić information content (AvgIpc) is 2.68. The Morgan fingerprint density at radius 2 is 1.64 bits per heavy atom. The summed E-state index contributed by atoms with van der Waals surface area (Å²) in [4.78, 5) is 17.4. The first-order chi connectivity index (χ1) is 11.8. The summed E-state index contributed by atoms with van der Waals surface area (Å²) in [5.41, 5.74) is 1.83. The second-order valence-corrected chi connectivity index (χ2v) is 6.06. The van der Waals surface area contributed by atoms with Crippen LogP contribution >= 0.6 is 12.4 Å². The van der Waals surface area contributed by atoms with Gasteiger partial charge in [0.2, 0.25) is 0 Å². The molecule has 0 aromatic heterocycles. The van der Waals surface area contributed by atoms with E-state index < -0.39 is 0 Å². The lowest BCUT2D eigenvalue weighted by molar-refractivity contribution is 0.0924. The molecule has 1 N–H and O–H groups in total. The van der Waals surface area contributed by atoms with Crippen molar-refractivity contribution in [1.29, 1.82) is 0 Å². The number of nitrogens with zero attached hydrogens (tertiary/aromatic N) is 1. The summed E-state index contributed by atoms with van der Waals surface area (Å²) in [5.74, 6) is 0.918. The summed E-state index contributed by atoms with van der Waals surface area (Å²) in [6.07, 6.45) is 0. The maximum absolute atomic E-state index is 12.8. The number of carbonyl (C=O) groups excluding carboxylic acids is 1. The van der Waals surface area contributed by atoms with Gasteiger partial charge in [-0.2, -0.15) is 0 Å². The summed E-state index contributed by atoms with van der Waals surface area (Å²) in [6, 6.07) is 24.0. The Kier molecular flexibility index (Phi) is 5.15. The second-order valence-electron chi connectivity index (χ2n) is 6.06. The molecule has 25 heavy (non-hydrogen) atoms. The largest absolute Gasteiger partial charge is 0.369 e. The van der Waals surface area contributed by atoms with E-state index >= 15 is 0 Å². The minimum Gasteiger partial charge on any atom is -0.369 e. The Bertz CT molecular complexity index is 921. The maximum Gasteiger partial charge on any atom is 0.169 e. The number of halogens is 1. The quantitative estimate of drug-likeness (QED) is 0.722. The number of nitrogens with one attached hydrogen (secondary N) is 1. The van der Waals surface area contributed by atoms with Gasteiger partial charge in [-0.1, -0.05) is 66.7 Å². The third-order valence-corrected chi connectivity index (χ3v) is 4.44. The van der Waals surface area contributed by atoms with Crippen molar-refractivity contribution in [3.05, 3.63) is 83.9 Å². The van der Waals surface area contributed by atoms with E-state index in [0.717, 1.165) is 27.7 Å². The van der Waals surface area contributed by atoms with Crippen LogP contribution in [0.5, 0.6) is 0 Å². The normalized spacial score (nSPS) is 16.5. The van der Waals surface area contributed by atoms with Crippen LogP contribution in [0.1, 0.15) is 15.9 Å². The van der Waals surface area contributed by atoms with Crippen LogP contribution in [-0.4, -0.2) is 24.7 Å². The van der Waals surface area contributed by atoms with Crippen LogP contribution in [0.2, 0.25) is 0 Å². The van der Waals surface area contributed by atoms with Gasteiger partial charge in [0.1, 0.15) is 5.84 Å². The third kappa shape index (κ3) is 3.57. The van der Waals surface area contributed by atoms with Gasteiger partial charge in [0.05, 0.1) is 12.5 Å². The van der Waals surface area contributed by atoms with E-state index in [-0.39, 0.29) is 24.1 Å². The zero-order chi connectivity index (χ0) is 16.4. The average molecular weight is 351 g/mol.